The van der Waals surface area contributed by atoms with Crippen molar-refractivity contribution in [1.82, 2.24) is 4.90 Å². The first-order valence-corrected chi connectivity index (χ1v) is 8.70. The zero-order valence-electron chi connectivity index (χ0n) is 13.9. The van der Waals surface area contributed by atoms with E-state index in [1.54, 1.807) is 0 Å². The normalized spacial score (nSPS) is 29.8. The fourth-order valence-corrected chi connectivity index (χ4v) is 4.17. The average molecular weight is 356 g/mol. The molecule has 0 bridgehead atoms. The van der Waals surface area contributed by atoms with Gasteiger partial charge >= 0.3 is 6.18 Å². The number of nitrogens with one attached hydrogen (secondary N) is 1. The maximum absolute atomic E-state index is 12.6. The highest BCUT2D eigenvalue weighted by molar-refractivity contribution is 5.77. The van der Waals surface area contributed by atoms with Crippen molar-refractivity contribution >= 4 is 11.6 Å². The number of fused-ring (bicyclic) bond motifs is 1. The van der Waals surface area contributed by atoms with Crippen LogP contribution < -0.4 is 5.32 Å². The van der Waals surface area contributed by atoms with Crippen molar-refractivity contribution < 1.29 is 23.1 Å². The largest absolute Gasteiger partial charge is 0.397 e. The van der Waals surface area contributed by atoms with Crippen LogP contribution in [0.2, 0.25) is 0 Å². The molecule has 4 nitrogen and oxygen atoms in total. The van der Waals surface area contributed by atoms with Gasteiger partial charge in [-0.15, -0.1) is 0 Å². The molecular formula is C18H23F3N2O2. The molecule has 1 unspecified atom stereocenters. The lowest BCUT2D eigenvalue weighted by atomic mass is 9.71. The van der Waals surface area contributed by atoms with E-state index in [1.807, 2.05) is 30.3 Å². The molecule has 2 aliphatic rings. The van der Waals surface area contributed by atoms with E-state index < -0.39 is 30.1 Å². The fraction of sp³-hybridized carbons (Fsp3) is 0.611. The second-order valence-corrected chi connectivity index (χ2v) is 6.98. The number of hydrogen-bond acceptors (Lipinski definition) is 3. The van der Waals surface area contributed by atoms with Crippen LogP contribution in [0, 0.1) is 0 Å². The van der Waals surface area contributed by atoms with E-state index in [9.17, 15) is 23.1 Å². The fourth-order valence-electron chi connectivity index (χ4n) is 4.17. The second-order valence-electron chi connectivity index (χ2n) is 6.98. The molecule has 0 aromatic heterocycles. The van der Waals surface area contributed by atoms with Gasteiger partial charge in [-0.2, -0.15) is 13.2 Å². The third kappa shape index (κ3) is 3.92. The van der Waals surface area contributed by atoms with Crippen LogP contribution in [0.25, 0.3) is 0 Å². The van der Waals surface area contributed by atoms with E-state index >= 15 is 0 Å². The summed E-state index contributed by atoms with van der Waals surface area (Å²) in [6.45, 7) is 0.229. The van der Waals surface area contributed by atoms with Crippen LogP contribution >= 0.6 is 0 Å². The SMILES string of the molecule is O=C(CC(F)(F)F)N1CCC(Nc2ccccc2)[C@@]2(O)CCCC[C@H]12. The number of carbonyl (C=O) groups is 1. The zero-order chi connectivity index (χ0) is 18.1. The summed E-state index contributed by atoms with van der Waals surface area (Å²) < 4.78 is 37.9. The number of rotatable bonds is 3. The van der Waals surface area contributed by atoms with E-state index in [0.29, 0.717) is 19.3 Å². The highest BCUT2D eigenvalue weighted by Gasteiger charge is 2.52. The molecule has 3 atom stereocenters. The first kappa shape index (κ1) is 18.0. The number of amides is 1. The van der Waals surface area contributed by atoms with Gasteiger partial charge in [0.15, 0.2) is 0 Å². The molecule has 138 valence electrons. The molecule has 1 saturated heterocycles. The number of alkyl halides is 3. The summed E-state index contributed by atoms with van der Waals surface area (Å²) in [5.41, 5.74) is -0.339. The van der Waals surface area contributed by atoms with E-state index in [2.05, 4.69) is 5.32 Å². The lowest BCUT2D eigenvalue weighted by molar-refractivity contribution is -0.175. The minimum Gasteiger partial charge on any atom is -0.386 e. The predicted octanol–water partition coefficient (Wildman–Crippen LogP) is 3.33. The van der Waals surface area contributed by atoms with Crippen molar-refractivity contribution in [3.63, 3.8) is 0 Å². The predicted molar refractivity (Wildman–Crippen MR) is 88.1 cm³/mol. The molecule has 1 heterocycles. The van der Waals surface area contributed by atoms with Gasteiger partial charge in [-0.3, -0.25) is 4.79 Å². The molecule has 2 fully saturated rings. The van der Waals surface area contributed by atoms with Crippen molar-refractivity contribution in [2.75, 3.05) is 11.9 Å². The minimum absolute atomic E-state index is 0.229. The molecule has 2 N–H and O–H groups in total. The maximum Gasteiger partial charge on any atom is 0.397 e. The van der Waals surface area contributed by atoms with E-state index in [1.165, 1.54) is 4.90 Å². The summed E-state index contributed by atoms with van der Waals surface area (Å²) in [6.07, 6.45) is -2.93. The Morgan fingerprint density at radius 1 is 1.24 bits per heavy atom. The van der Waals surface area contributed by atoms with Crippen LogP contribution in [0.5, 0.6) is 0 Å². The molecule has 1 aromatic carbocycles. The molecule has 25 heavy (non-hydrogen) atoms. The Morgan fingerprint density at radius 2 is 1.96 bits per heavy atom. The molecular weight excluding hydrogens is 333 g/mol. The quantitative estimate of drug-likeness (QED) is 0.874. The van der Waals surface area contributed by atoms with Crippen LogP contribution in [0.1, 0.15) is 38.5 Å². The Labute approximate surface area is 145 Å². The molecule has 1 aromatic rings. The van der Waals surface area contributed by atoms with E-state index in [0.717, 1.165) is 18.5 Å². The van der Waals surface area contributed by atoms with Crippen LogP contribution in [0.3, 0.4) is 0 Å². The maximum atomic E-state index is 12.6. The van der Waals surface area contributed by atoms with Crippen molar-refractivity contribution in [2.45, 2.75) is 62.4 Å². The number of para-hydroxylation sites is 1. The summed E-state index contributed by atoms with van der Waals surface area (Å²) in [4.78, 5) is 13.4. The van der Waals surface area contributed by atoms with Crippen molar-refractivity contribution in [2.24, 2.45) is 0 Å². The highest BCUT2D eigenvalue weighted by atomic mass is 19.4. The van der Waals surface area contributed by atoms with Gasteiger partial charge in [0.25, 0.3) is 0 Å². The lowest BCUT2D eigenvalue weighted by Gasteiger charge is -2.54. The summed E-state index contributed by atoms with van der Waals surface area (Å²) in [7, 11) is 0. The van der Waals surface area contributed by atoms with E-state index in [4.69, 9.17) is 0 Å². The summed E-state index contributed by atoms with van der Waals surface area (Å²) in [5.74, 6) is -0.934. The van der Waals surface area contributed by atoms with Gasteiger partial charge in [0, 0.05) is 12.2 Å². The van der Waals surface area contributed by atoms with Gasteiger partial charge in [0.2, 0.25) is 5.91 Å². The highest BCUT2D eigenvalue weighted by Crippen LogP contribution is 2.41. The molecule has 1 aliphatic carbocycles. The summed E-state index contributed by atoms with van der Waals surface area (Å²) in [5, 5.41) is 14.6. The number of carbonyl (C=O) groups excluding carboxylic acids is 1. The molecule has 0 radical (unpaired) electrons. The van der Waals surface area contributed by atoms with Crippen LogP contribution in [-0.2, 0) is 4.79 Å². The number of hydrogen-bond donors (Lipinski definition) is 2. The van der Waals surface area contributed by atoms with E-state index in [-0.39, 0.29) is 12.6 Å². The zero-order valence-corrected chi connectivity index (χ0v) is 13.9. The van der Waals surface area contributed by atoms with Crippen LogP contribution in [0.4, 0.5) is 18.9 Å². The Hall–Kier alpha value is -1.76. The Kier molecular flexibility index (Phi) is 4.95. The summed E-state index contributed by atoms with van der Waals surface area (Å²) >= 11 is 0. The number of likely N-dealkylation sites (tertiary alicyclic amines) is 1. The van der Waals surface area contributed by atoms with Crippen LogP contribution in [0.15, 0.2) is 30.3 Å². The molecule has 7 heteroatoms. The van der Waals surface area contributed by atoms with Gasteiger partial charge in [-0.05, 0) is 31.4 Å². The van der Waals surface area contributed by atoms with Gasteiger partial charge < -0.3 is 15.3 Å². The topological polar surface area (TPSA) is 52.6 Å². The van der Waals surface area contributed by atoms with Gasteiger partial charge in [-0.25, -0.2) is 0 Å². The smallest absolute Gasteiger partial charge is 0.386 e. The Balaban J connectivity index is 1.79. The number of piperidine rings is 1. The van der Waals surface area contributed by atoms with Gasteiger partial charge in [0.05, 0.1) is 12.1 Å². The molecule has 0 spiro atoms. The number of anilines is 1. The number of benzene rings is 1. The van der Waals surface area contributed by atoms with Crippen LogP contribution in [-0.4, -0.2) is 46.3 Å². The molecule has 1 aliphatic heterocycles. The third-order valence-electron chi connectivity index (χ3n) is 5.31. The van der Waals surface area contributed by atoms with Crippen molar-refractivity contribution in [1.29, 1.82) is 0 Å². The number of nitrogens with zero attached hydrogens (tertiary/aromatic N) is 1. The minimum atomic E-state index is -4.52. The second kappa shape index (κ2) is 6.86. The Bertz CT molecular complexity index is 608. The lowest BCUT2D eigenvalue weighted by Crippen LogP contribution is -2.68. The molecule has 3 rings (SSSR count). The van der Waals surface area contributed by atoms with Crippen molar-refractivity contribution in [3.8, 4) is 0 Å². The number of halogens is 3. The van der Waals surface area contributed by atoms with Crippen molar-refractivity contribution in [3.05, 3.63) is 30.3 Å². The molecule has 1 amide bonds. The average Bonchev–Trinajstić information content (AvgIpc) is 2.54. The van der Waals surface area contributed by atoms with Gasteiger partial charge in [0.1, 0.15) is 12.0 Å². The third-order valence-corrected chi connectivity index (χ3v) is 5.31. The summed E-state index contributed by atoms with van der Waals surface area (Å²) in [6, 6.07) is 8.59. The first-order chi connectivity index (χ1) is 11.8. The van der Waals surface area contributed by atoms with Gasteiger partial charge in [-0.1, -0.05) is 31.0 Å². The number of aliphatic hydroxyl groups is 1. The Morgan fingerprint density at radius 3 is 2.64 bits per heavy atom. The first-order valence-electron chi connectivity index (χ1n) is 8.70. The standard InChI is InChI=1S/C18H23F3N2O2/c19-18(20,21)12-16(24)23-11-9-14(22-13-6-2-1-3-7-13)17(25)10-5-4-8-15(17)23/h1-3,6-7,14-15,22,25H,4-5,8-12H2/t14?,15-,17-/m0/s1. The monoisotopic (exact) mass is 356 g/mol. The molecule has 1 saturated carbocycles.